The first kappa shape index (κ1) is 13.1. The summed E-state index contributed by atoms with van der Waals surface area (Å²) in [5.74, 6) is -0.912. The largest absolute Gasteiger partial charge is 0.478 e. The van der Waals surface area contributed by atoms with Crippen LogP contribution in [0, 0.1) is 0 Å². The molecule has 0 unspecified atom stereocenters. The summed E-state index contributed by atoms with van der Waals surface area (Å²) in [6.07, 6.45) is 3.63. The van der Waals surface area contributed by atoms with E-state index in [9.17, 15) is 4.79 Å². The fourth-order valence-electron chi connectivity index (χ4n) is 2.18. The molecule has 1 heterocycles. The summed E-state index contributed by atoms with van der Waals surface area (Å²) in [4.78, 5) is 14.9. The quantitative estimate of drug-likeness (QED) is 0.766. The van der Waals surface area contributed by atoms with E-state index >= 15 is 0 Å². The van der Waals surface area contributed by atoms with E-state index in [1.54, 1.807) is 30.5 Å². The Morgan fingerprint density at radius 2 is 1.86 bits per heavy atom. The van der Waals surface area contributed by atoms with Gasteiger partial charge in [0, 0.05) is 30.0 Å². The normalized spacial score (nSPS) is 10.5. The molecule has 0 atom stereocenters. The molecular formula is C17H14N2O2. The highest BCUT2D eigenvalue weighted by atomic mass is 16.4. The minimum Gasteiger partial charge on any atom is -0.478 e. The van der Waals surface area contributed by atoms with Gasteiger partial charge in [0.1, 0.15) is 0 Å². The number of fused-ring (bicyclic) bond motifs is 1. The first-order valence-corrected chi connectivity index (χ1v) is 6.62. The van der Waals surface area contributed by atoms with Gasteiger partial charge in [0.2, 0.25) is 0 Å². The maximum absolute atomic E-state index is 10.8. The number of anilines is 1. The van der Waals surface area contributed by atoms with Crippen molar-refractivity contribution in [2.45, 2.75) is 6.54 Å². The van der Waals surface area contributed by atoms with Crippen LogP contribution in [0.5, 0.6) is 0 Å². The van der Waals surface area contributed by atoms with Crippen molar-refractivity contribution in [1.29, 1.82) is 0 Å². The summed E-state index contributed by atoms with van der Waals surface area (Å²) in [5, 5.41) is 14.4. The van der Waals surface area contributed by atoms with E-state index in [1.807, 2.05) is 18.3 Å². The molecule has 0 bridgehead atoms. The molecule has 0 amide bonds. The first-order chi connectivity index (χ1) is 10.2. The third-order valence-electron chi connectivity index (χ3n) is 3.33. The van der Waals surface area contributed by atoms with Gasteiger partial charge in [-0.05, 0) is 47.3 Å². The van der Waals surface area contributed by atoms with Gasteiger partial charge in [0.05, 0.1) is 5.56 Å². The molecule has 21 heavy (non-hydrogen) atoms. The molecule has 0 aliphatic rings. The highest BCUT2D eigenvalue weighted by Gasteiger charge is 2.02. The summed E-state index contributed by atoms with van der Waals surface area (Å²) in [7, 11) is 0. The van der Waals surface area contributed by atoms with Crippen molar-refractivity contribution < 1.29 is 9.90 Å². The predicted octanol–water partition coefficient (Wildman–Crippen LogP) is 3.55. The summed E-state index contributed by atoms with van der Waals surface area (Å²) in [6.45, 7) is 0.685. The summed E-state index contributed by atoms with van der Waals surface area (Å²) < 4.78 is 0. The highest BCUT2D eigenvalue weighted by molar-refractivity contribution is 5.88. The standard InChI is InChI=1S/C17H14N2O2/c20-17(21)13-3-5-16(6-4-13)19-10-12-1-2-15-11-18-8-7-14(15)9-12/h1-9,11,19H,10H2,(H,20,21). The number of rotatable bonds is 4. The second kappa shape index (κ2) is 5.63. The molecular weight excluding hydrogens is 264 g/mol. The zero-order chi connectivity index (χ0) is 14.7. The molecule has 3 aromatic rings. The van der Waals surface area contributed by atoms with Crippen LogP contribution in [0.25, 0.3) is 10.8 Å². The molecule has 4 heteroatoms. The van der Waals surface area contributed by atoms with E-state index in [0.717, 1.165) is 22.0 Å². The lowest BCUT2D eigenvalue weighted by molar-refractivity contribution is 0.0697. The van der Waals surface area contributed by atoms with Gasteiger partial charge in [-0.2, -0.15) is 0 Å². The summed E-state index contributed by atoms with van der Waals surface area (Å²) >= 11 is 0. The Labute approximate surface area is 122 Å². The number of carboxylic acids is 1. The lowest BCUT2D eigenvalue weighted by Gasteiger charge is -2.08. The Morgan fingerprint density at radius 3 is 2.62 bits per heavy atom. The van der Waals surface area contributed by atoms with Crippen LogP contribution in [-0.4, -0.2) is 16.1 Å². The fraction of sp³-hybridized carbons (Fsp3) is 0.0588. The van der Waals surface area contributed by atoms with Gasteiger partial charge in [-0.1, -0.05) is 12.1 Å². The summed E-state index contributed by atoms with van der Waals surface area (Å²) in [6, 6.07) is 14.9. The minimum atomic E-state index is -0.912. The van der Waals surface area contributed by atoms with E-state index in [0.29, 0.717) is 12.1 Å². The Hall–Kier alpha value is -2.88. The van der Waals surface area contributed by atoms with Gasteiger partial charge in [0.15, 0.2) is 0 Å². The number of hydrogen-bond acceptors (Lipinski definition) is 3. The van der Waals surface area contributed by atoms with Crippen LogP contribution < -0.4 is 5.32 Å². The Morgan fingerprint density at radius 1 is 1.05 bits per heavy atom. The van der Waals surface area contributed by atoms with Crippen LogP contribution in [0.3, 0.4) is 0 Å². The van der Waals surface area contributed by atoms with Crippen LogP contribution in [-0.2, 0) is 6.54 Å². The first-order valence-electron chi connectivity index (χ1n) is 6.62. The van der Waals surface area contributed by atoms with E-state index in [4.69, 9.17) is 5.11 Å². The van der Waals surface area contributed by atoms with Gasteiger partial charge in [-0.15, -0.1) is 0 Å². The zero-order valence-corrected chi connectivity index (χ0v) is 11.3. The number of nitrogens with one attached hydrogen (secondary N) is 1. The van der Waals surface area contributed by atoms with Crippen molar-refractivity contribution >= 4 is 22.4 Å². The van der Waals surface area contributed by atoms with Crippen molar-refractivity contribution in [2.24, 2.45) is 0 Å². The monoisotopic (exact) mass is 278 g/mol. The number of pyridine rings is 1. The molecule has 3 rings (SSSR count). The average molecular weight is 278 g/mol. The molecule has 0 saturated heterocycles. The molecule has 2 N–H and O–H groups in total. The minimum absolute atomic E-state index is 0.291. The number of nitrogens with zero attached hydrogens (tertiary/aromatic N) is 1. The van der Waals surface area contributed by atoms with Crippen LogP contribution in [0.4, 0.5) is 5.69 Å². The van der Waals surface area contributed by atoms with Crippen molar-refractivity contribution in [3.05, 3.63) is 72.1 Å². The molecule has 1 aromatic heterocycles. The van der Waals surface area contributed by atoms with Crippen molar-refractivity contribution in [3.63, 3.8) is 0 Å². The van der Waals surface area contributed by atoms with Crippen molar-refractivity contribution in [1.82, 2.24) is 4.98 Å². The number of hydrogen-bond donors (Lipinski definition) is 2. The van der Waals surface area contributed by atoms with Crippen LogP contribution in [0.1, 0.15) is 15.9 Å². The van der Waals surface area contributed by atoms with Gasteiger partial charge in [0.25, 0.3) is 0 Å². The number of aromatic nitrogens is 1. The fourth-order valence-corrected chi connectivity index (χ4v) is 2.18. The third-order valence-corrected chi connectivity index (χ3v) is 3.33. The maximum Gasteiger partial charge on any atom is 0.335 e. The second-order valence-electron chi connectivity index (χ2n) is 4.79. The number of benzene rings is 2. The molecule has 0 aliphatic heterocycles. The lowest BCUT2D eigenvalue weighted by Crippen LogP contribution is -2.00. The molecule has 2 aromatic carbocycles. The van der Waals surface area contributed by atoms with E-state index in [-0.39, 0.29) is 0 Å². The van der Waals surface area contributed by atoms with Gasteiger partial charge in [-0.25, -0.2) is 4.79 Å². The van der Waals surface area contributed by atoms with Crippen molar-refractivity contribution in [3.8, 4) is 0 Å². The van der Waals surface area contributed by atoms with Gasteiger partial charge < -0.3 is 10.4 Å². The molecule has 104 valence electrons. The Kier molecular flexibility index (Phi) is 3.51. The molecule has 4 nitrogen and oxygen atoms in total. The van der Waals surface area contributed by atoms with Crippen LogP contribution >= 0.6 is 0 Å². The maximum atomic E-state index is 10.8. The van der Waals surface area contributed by atoms with Gasteiger partial charge in [-0.3, -0.25) is 4.98 Å². The van der Waals surface area contributed by atoms with Gasteiger partial charge >= 0.3 is 5.97 Å². The topological polar surface area (TPSA) is 62.2 Å². The van der Waals surface area contributed by atoms with Crippen LogP contribution in [0.2, 0.25) is 0 Å². The third kappa shape index (κ3) is 3.00. The molecule has 0 spiro atoms. The molecule has 0 aliphatic carbocycles. The lowest BCUT2D eigenvalue weighted by atomic mass is 10.1. The summed E-state index contributed by atoms with van der Waals surface area (Å²) in [5.41, 5.74) is 2.35. The predicted molar refractivity (Wildman–Crippen MR) is 82.5 cm³/mol. The van der Waals surface area contributed by atoms with E-state index in [1.165, 1.54) is 0 Å². The second-order valence-corrected chi connectivity index (χ2v) is 4.79. The number of aromatic carboxylic acids is 1. The molecule has 0 radical (unpaired) electrons. The Bertz CT molecular complexity index is 782. The SMILES string of the molecule is O=C(O)c1ccc(NCc2ccc3cnccc3c2)cc1. The Balaban J connectivity index is 1.72. The number of carbonyl (C=O) groups is 1. The van der Waals surface area contributed by atoms with E-state index in [2.05, 4.69) is 22.4 Å². The average Bonchev–Trinajstić information content (AvgIpc) is 2.53. The number of carboxylic acid groups (broad SMARTS) is 1. The van der Waals surface area contributed by atoms with E-state index < -0.39 is 5.97 Å². The molecule has 0 fully saturated rings. The zero-order valence-electron chi connectivity index (χ0n) is 11.3. The van der Waals surface area contributed by atoms with Crippen LogP contribution in [0.15, 0.2) is 60.9 Å². The highest BCUT2D eigenvalue weighted by Crippen LogP contribution is 2.16. The molecule has 0 saturated carbocycles. The smallest absolute Gasteiger partial charge is 0.335 e. The van der Waals surface area contributed by atoms with Crippen molar-refractivity contribution in [2.75, 3.05) is 5.32 Å².